The molecule has 0 aromatic heterocycles. The Morgan fingerprint density at radius 1 is 1.28 bits per heavy atom. The van der Waals surface area contributed by atoms with E-state index in [-0.39, 0.29) is 26.5 Å². The van der Waals surface area contributed by atoms with Crippen LogP contribution in [0.3, 0.4) is 0 Å². The van der Waals surface area contributed by atoms with Gasteiger partial charge in [0.05, 0.1) is 23.4 Å². The molecule has 36 heavy (non-hydrogen) atoms. The standard InChI is InChI=1S/C26H44NO8P/c1-15(11-12-28)14-26(7,31-10)22(17(3)20-18(4)23(29)35-25(5,6)34-20)33-24-21(36-30)19(27(8)9)13-16(2)32-24/h12,15-17,19,21-22,24H,11,13-14H2,1-10H3/t15-,16?,17-,19?,21+,22+,24-,26+/m0/s1. The fourth-order valence-corrected chi connectivity index (χ4v) is 6.07. The van der Waals surface area contributed by atoms with Gasteiger partial charge in [0.2, 0.25) is 5.79 Å². The minimum Gasteiger partial charge on any atom is -0.456 e. The second kappa shape index (κ2) is 12.4. The molecule has 0 spiro atoms. The van der Waals surface area contributed by atoms with Gasteiger partial charge in [-0.2, -0.15) is 0 Å². The van der Waals surface area contributed by atoms with E-state index in [0.29, 0.717) is 24.2 Å². The molecule has 0 aromatic rings. The summed E-state index contributed by atoms with van der Waals surface area (Å²) >= 11 is 0. The summed E-state index contributed by atoms with van der Waals surface area (Å²) in [5.41, 5.74) is -0.952. The number of rotatable bonds is 12. The maximum Gasteiger partial charge on any atom is 0.340 e. The number of esters is 1. The lowest BCUT2D eigenvalue weighted by molar-refractivity contribution is -0.266. The summed E-state index contributed by atoms with van der Waals surface area (Å²) in [6.07, 6.45) is 0.947. The van der Waals surface area contributed by atoms with Crippen LogP contribution in [0.1, 0.15) is 67.7 Å². The zero-order valence-electron chi connectivity index (χ0n) is 23.4. The Kier molecular flexibility index (Phi) is 10.7. The van der Waals surface area contributed by atoms with Gasteiger partial charge in [0.15, 0.2) is 14.8 Å². The lowest BCUT2D eigenvalue weighted by atomic mass is 9.80. The van der Waals surface area contributed by atoms with Crippen molar-refractivity contribution in [2.24, 2.45) is 11.8 Å². The summed E-state index contributed by atoms with van der Waals surface area (Å²) < 4.78 is 42.9. The number of nitrogens with zero attached hydrogens (tertiary/aromatic N) is 1. The second-order valence-electron chi connectivity index (χ2n) is 11.1. The third kappa shape index (κ3) is 7.13. The summed E-state index contributed by atoms with van der Waals surface area (Å²) in [4.78, 5) is 25.9. The molecule has 2 aliphatic rings. The summed E-state index contributed by atoms with van der Waals surface area (Å²) in [7, 11) is 5.44. The van der Waals surface area contributed by atoms with Gasteiger partial charge in [0.25, 0.3) is 0 Å². The summed E-state index contributed by atoms with van der Waals surface area (Å²) in [6, 6.07) is -0.0162. The molecule has 0 amide bonds. The van der Waals surface area contributed by atoms with Gasteiger partial charge in [-0.25, -0.2) is 4.79 Å². The summed E-state index contributed by atoms with van der Waals surface area (Å²) in [5.74, 6) is -1.57. The van der Waals surface area contributed by atoms with Crippen LogP contribution in [0.5, 0.6) is 0 Å². The largest absolute Gasteiger partial charge is 0.456 e. The van der Waals surface area contributed by atoms with Crippen molar-refractivity contribution in [2.75, 3.05) is 21.2 Å². The van der Waals surface area contributed by atoms with Crippen LogP contribution in [0.2, 0.25) is 0 Å². The monoisotopic (exact) mass is 529 g/mol. The maximum absolute atomic E-state index is 12.6. The highest BCUT2D eigenvalue weighted by molar-refractivity contribution is 7.24. The Hall–Kier alpha value is -1.38. The third-order valence-electron chi connectivity index (χ3n) is 7.24. The Morgan fingerprint density at radius 2 is 1.92 bits per heavy atom. The van der Waals surface area contributed by atoms with Gasteiger partial charge in [-0.1, -0.05) is 13.8 Å². The average Bonchev–Trinajstić information content (AvgIpc) is 2.78. The van der Waals surface area contributed by atoms with E-state index in [1.54, 1.807) is 27.9 Å². The topological polar surface area (TPSA) is 101 Å². The molecule has 0 N–H and O–H groups in total. The van der Waals surface area contributed by atoms with Crippen LogP contribution >= 0.6 is 8.46 Å². The first-order valence-electron chi connectivity index (χ1n) is 12.6. The Balaban J connectivity index is 2.55. The minimum absolute atomic E-state index is 0.0162. The fourth-order valence-electron chi connectivity index (χ4n) is 5.30. The number of hydrogen-bond acceptors (Lipinski definition) is 9. The van der Waals surface area contributed by atoms with Gasteiger partial charge in [0, 0.05) is 39.3 Å². The molecule has 0 bridgehead atoms. The fraction of sp³-hybridized carbons (Fsp3) is 0.846. The molecule has 206 valence electrons. The highest BCUT2D eigenvalue weighted by atomic mass is 31.1. The van der Waals surface area contributed by atoms with Crippen LogP contribution < -0.4 is 0 Å². The van der Waals surface area contributed by atoms with Crippen molar-refractivity contribution >= 4 is 20.7 Å². The predicted molar refractivity (Wildman–Crippen MR) is 136 cm³/mol. The van der Waals surface area contributed by atoms with E-state index >= 15 is 0 Å². The number of hydrogen-bond donors (Lipinski definition) is 0. The zero-order chi connectivity index (χ0) is 27.4. The van der Waals surface area contributed by atoms with Crippen LogP contribution in [0.4, 0.5) is 0 Å². The predicted octanol–water partition coefficient (Wildman–Crippen LogP) is 4.34. The lowest BCUT2D eigenvalue weighted by Crippen LogP contribution is -2.57. The quantitative estimate of drug-likeness (QED) is 0.208. The van der Waals surface area contributed by atoms with E-state index < -0.39 is 41.3 Å². The van der Waals surface area contributed by atoms with Crippen molar-refractivity contribution in [3.63, 3.8) is 0 Å². The van der Waals surface area contributed by atoms with Crippen LogP contribution in [-0.2, 0) is 37.8 Å². The van der Waals surface area contributed by atoms with E-state index in [0.717, 1.165) is 12.7 Å². The Morgan fingerprint density at radius 3 is 2.44 bits per heavy atom. The first kappa shape index (κ1) is 30.8. The van der Waals surface area contributed by atoms with Crippen molar-refractivity contribution in [2.45, 2.75) is 109 Å². The molecule has 0 aromatic carbocycles. The van der Waals surface area contributed by atoms with Crippen LogP contribution in [0.15, 0.2) is 11.3 Å². The molecule has 10 heteroatoms. The number of methoxy groups -OCH3 is 1. The first-order chi connectivity index (χ1) is 16.7. The van der Waals surface area contributed by atoms with E-state index in [9.17, 15) is 14.2 Å². The molecule has 2 aliphatic heterocycles. The van der Waals surface area contributed by atoms with E-state index in [1.807, 2.05) is 46.7 Å². The molecule has 0 aliphatic carbocycles. The normalized spacial score (nSPS) is 30.8. The summed E-state index contributed by atoms with van der Waals surface area (Å²) in [6.45, 7) is 12.8. The number of carbonyl (C=O) groups excluding carboxylic acids is 2. The van der Waals surface area contributed by atoms with Crippen molar-refractivity contribution in [1.29, 1.82) is 0 Å². The molecular weight excluding hydrogens is 485 g/mol. The number of cyclic esters (lactones) is 1. The molecule has 2 unspecified atom stereocenters. The highest BCUT2D eigenvalue weighted by Crippen LogP contribution is 2.42. The second-order valence-corrected chi connectivity index (χ2v) is 11.9. The van der Waals surface area contributed by atoms with Gasteiger partial charge in [-0.3, -0.25) is 4.57 Å². The molecule has 2 heterocycles. The molecule has 1 fully saturated rings. The van der Waals surface area contributed by atoms with Crippen LogP contribution in [0, 0.1) is 11.8 Å². The first-order valence-corrected chi connectivity index (χ1v) is 13.5. The molecule has 0 radical (unpaired) electrons. The molecule has 8 atom stereocenters. The smallest absolute Gasteiger partial charge is 0.340 e. The van der Waals surface area contributed by atoms with Gasteiger partial charge in [-0.15, -0.1) is 0 Å². The zero-order valence-corrected chi connectivity index (χ0v) is 24.3. The number of carbonyl (C=O) groups is 2. The van der Waals surface area contributed by atoms with E-state index in [1.165, 1.54) is 0 Å². The summed E-state index contributed by atoms with van der Waals surface area (Å²) in [5, 5.41) is 0. The molecule has 9 nitrogen and oxygen atoms in total. The van der Waals surface area contributed by atoms with Crippen molar-refractivity contribution < 1.29 is 37.8 Å². The Bertz CT molecular complexity index is 831. The number of aldehydes is 1. The third-order valence-corrected chi connectivity index (χ3v) is 8.07. The maximum atomic E-state index is 12.6. The average molecular weight is 530 g/mol. The van der Waals surface area contributed by atoms with Gasteiger partial charge >= 0.3 is 5.97 Å². The SMILES string of the molecule is CO[C@](C)(C[C@@H](C)CC=O)[C@H](O[C@@H]1OC(C)CC(N(C)C)[C@H]1P=O)[C@@H](C)C1=C(C)C(=O)OC(C)(C)O1. The molecule has 1 saturated heterocycles. The van der Waals surface area contributed by atoms with Gasteiger partial charge < -0.3 is 33.4 Å². The lowest BCUT2D eigenvalue weighted by Gasteiger charge is -2.47. The van der Waals surface area contributed by atoms with Gasteiger partial charge in [-0.05, 0) is 53.6 Å². The van der Waals surface area contributed by atoms with Crippen molar-refractivity contribution in [3.05, 3.63) is 11.3 Å². The number of ether oxygens (including phenoxy) is 5. The molecule has 2 rings (SSSR count). The van der Waals surface area contributed by atoms with Crippen LogP contribution in [0.25, 0.3) is 0 Å². The van der Waals surface area contributed by atoms with Gasteiger partial charge in [0.1, 0.15) is 17.7 Å². The van der Waals surface area contributed by atoms with E-state index in [4.69, 9.17) is 23.7 Å². The van der Waals surface area contributed by atoms with E-state index in [2.05, 4.69) is 0 Å². The molecular formula is C26H44NO8P. The van der Waals surface area contributed by atoms with Crippen molar-refractivity contribution in [3.8, 4) is 0 Å². The van der Waals surface area contributed by atoms with Crippen LogP contribution in [-0.4, -0.2) is 79.9 Å². The highest BCUT2D eigenvalue weighted by Gasteiger charge is 2.49. The minimum atomic E-state index is -1.14. The molecule has 0 saturated carbocycles. The van der Waals surface area contributed by atoms with Crippen molar-refractivity contribution in [1.82, 2.24) is 4.90 Å². The Labute approximate surface area is 217 Å².